The summed E-state index contributed by atoms with van der Waals surface area (Å²) in [5.41, 5.74) is 1.74. The summed E-state index contributed by atoms with van der Waals surface area (Å²) in [6, 6.07) is 33.4. The zero-order chi connectivity index (χ0) is 72.3. The van der Waals surface area contributed by atoms with Gasteiger partial charge in [0.1, 0.15) is 45.8 Å². The highest BCUT2D eigenvalue weighted by atomic mass is 32.2. The van der Waals surface area contributed by atoms with Crippen LogP contribution in [0.2, 0.25) is 51.4 Å². The quantitative estimate of drug-likeness (QED) is 0.0379. The van der Waals surface area contributed by atoms with Crippen LogP contribution in [0.5, 0.6) is 34.8 Å². The van der Waals surface area contributed by atoms with E-state index in [0.29, 0.717) is 69.6 Å². The Balaban J connectivity index is 0.000000276. The average molecular weight is 1460 g/mol. The van der Waals surface area contributed by atoms with Gasteiger partial charge in [0.05, 0.1) is 99.4 Å². The lowest BCUT2D eigenvalue weighted by atomic mass is 10.1. The largest absolute Gasteiger partial charge is 0.494 e. The Bertz CT molecular complexity index is 4400. The van der Waals surface area contributed by atoms with Crippen molar-refractivity contribution >= 4 is 67.8 Å². The van der Waals surface area contributed by atoms with Gasteiger partial charge in [-0.05, 0) is 72.8 Å². The van der Waals surface area contributed by atoms with Crippen LogP contribution in [0.1, 0.15) is 34.5 Å². The zero-order valence-electron chi connectivity index (χ0n) is 57.3. The number of sulfonamides is 2. The van der Waals surface area contributed by atoms with Crippen LogP contribution in [0.3, 0.4) is 0 Å². The second-order valence-electron chi connectivity index (χ2n) is 24.5. The number of hydrogen-bond acceptors (Lipinski definition) is 24. The van der Waals surface area contributed by atoms with E-state index in [1.165, 1.54) is 111 Å². The molecule has 34 heteroatoms. The molecule has 0 aliphatic carbocycles. The lowest BCUT2D eigenvalue weighted by Gasteiger charge is -2.29. The first-order valence-electron chi connectivity index (χ1n) is 30.1. The van der Waals surface area contributed by atoms with Gasteiger partial charge in [-0.25, -0.2) is 52.2 Å². The maximum Gasteiger partial charge on any atom is 0.246 e. The average Bonchev–Trinajstić information content (AvgIpc) is 1.38. The molecule has 0 fully saturated rings. The molecule has 98 heavy (non-hydrogen) atoms. The number of pyridine rings is 2. The molecule has 0 amide bonds. The van der Waals surface area contributed by atoms with E-state index in [1.807, 2.05) is 12.1 Å². The number of hydrogen-bond donors (Lipinski definition) is 0. The number of rotatable bonds is 30. The van der Waals surface area contributed by atoms with Crippen LogP contribution in [-0.2, 0) is 49.2 Å². The highest BCUT2D eigenvalue weighted by Crippen LogP contribution is 2.42. The first kappa shape index (κ1) is 76.4. The van der Waals surface area contributed by atoms with Gasteiger partial charge in [0.2, 0.25) is 43.7 Å². The van der Waals surface area contributed by atoms with Crippen molar-refractivity contribution in [1.29, 1.82) is 10.5 Å². The standard InChI is InChI=1S/2C32H40N6O8S2Si/c2*1-43-25-12-10-13-26(44-2)30(25)38-31(24-11-9-14-29(34-24)46-4)35-36-32(38)37(17-18-49(6,7)8)48(41,42)21-27(45-3)23-16-15-22(20-33)19-28(23)47(5,39)40/h2*9-16,19,27H,17-18,21H2,1-8H3/t2*27-/m10/s1. The molecular weight excluding hydrogens is 1380 g/mol. The van der Waals surface area contributed by atoms with Crippen LogP contribution >= 0.6 is 0 Å². The van der Waals surface area contributed by atoms with Gasteiger partial charge in [0.15, 0.2) is 31.3 Å². The minimum Gasteiger partial charge on any atom is -0.494 e. The van der Waals surface area contributed by atoms with Crippen LogP contribution in [0.25, 0.3) is 34.4 Å². The van der Waals surface area contributed by atoms with E-state index in [1.54, 1.807) is 72.8 Å². The molecule has 0 radical (unpaired) electrons. The number of anilines is 2. The molecule has 8 rings (SSSR count). The van der Waals surface area contributed by atoms with E-state index < -0.39 is 79.6 Å². The second-order valence-corrected chi connectivity index (χ2v) is 43.6. The van der Waals surface area contributed by atoms with Crippen LogP contribution < -0.4 is 37.0 Å². The first-order chi connectivity index (χ1) is 46.2. The maximum atomic E-state index is 14.7. The van der Waals surface area contributed by atoms with Gasteiger partial charge in [-0.1, -0.05) is 75.7 Å². The summed E-state index contributed by atoms with van der Waals surface area (Å²) in [4.78, 5) is 8.68. The van der Waals surface area contributed by atoms with Gasteiger partial charge >= 0.3 is 0 Å². The van der Waals surface area contributed by atoms with Crippen molar-refractivity contribution in [3.05, 3.63) is 131 Å². The summed E-state index contributed by atoms with van der Waals surface area (Å²) in [5.74, 6) is 0.880. The van der Waals surface area contributed by atoms with Gasteiger partial charge in [-0.3, -0.25) is 9.13 Å². The predicted octanol–water partition coefficient (Wildman–Crippen LogP) is 8.98. The highest BCUT2D eigenvalue weighted by molar-refractivity contribution is 7.93. The van der Waals surface area contributed by atoms with Crippen molar-refractivity contribution < 1.29 is 71.6 Å². The topological polar surface area (TPSA) is 352 Å². The summed E-state index contributed by atoms with van der Waals surface area (Å²) in [6.45, 7) is 12.8. The molecule has 0 N–H and O–H groups in total. The van der Waals surface area contributed by atoms with Crippen molar-refractivity contribution in [2.24, 2.45) is 0 Å². The molecule has 0 spiro atoms. The summed E-state index contributed by atoms with van der Waals surface area (Å²) in [6.07, 6.45) is -0.473. The summed E-state index contributed by atoms with van der Waals surface area (Å²) in [5, 5.41) is 36.6. The lowest BCUT2D eigenvalue weighted by molar-refractivity contribution is 0.119. The third kappa shape index (κ3) is 18.0. The Morgan fingerprint density at radius 2 is 0.786 bits per heavy atom. The SMILES string of the molecule is COc1cccc(-c2nnc(N(CC[Si](C)(C)C)S(=O)(=O)C[C@@H](OC)c3ccc(C#N)cc3S(C)(=O)=O)n2-c2c(OC)cccc2OC)n1.COc1cccc(-c2nnc(N(CC[Si](C)(C)C)S(=O)(=O)C[C@H](OC)c3ccc(C#N)cc3S(C)(=O)=O)n2-c2c(OC)cccc2OC)n1. The summed E-state index contributed by atoms with van der Waals surface area (Å²) in [7, 11) is -8.77. The van der Waals surface area contributed by atoms with Crippen LogP contribution in [-0.4, -0.2) is 183 Å². The molecule has 0 saturated heterocycles. The van der Waals surface area contributed by atoms with Crippen molar-refractivity contribution in [1.82, 2.24) is 39.5 Å². The number of ether oxygens (including phenoxy) is 8. The predicted molar refractivity (Wildman–Crippen MR) is 375 cm³/mol. The Labute approximate surface area is 574 Å². The normalized spacial score (nSPS) is 12.6. The molecule has 0 unspecified atom stereocenters. The van der Waals surface area contributed by atoms with Crippen molar-refractivity contribution in [3.8, 4) is 81.3 Å². The number of nitrogens with zero attached hydrogens (tertiary/aromatic N) is 12. The number of benzene rings is 4. The number of aromatic nitrogens is 8. The van der Waals surface area contributed by atoms with Crippen LogP contribution in [0.15, 0.2) is 119 Å². The van der Waals surface area contributed by atoms with Crippen molar-refractivity contribution in [2.45, 2.75) is 73.4 Å². The summed E-state index contributed by atoms with van der Waals surface area (Å²) >= 11 is 0. The van der Waals surface area contributed by atoms with E-state index in [-0.39, 0.29) is 68.7 Å². The van der Waals surface area contributed by atoms with E-state index in [0.717, 1.165) is 12.5 Å². The van der Waals surface area contributed by atoms with Gasteiger partial charge in [0.25, 0.3) is 0 Å². The molecule has 28 nitrogen and oxygen atoms in total. The minimum absolute atomic E-state index is 0.0297. The van der Waals surface area contributed by atoms with Crippen molar-refractivity contribution in [2.75, 3.05) is 103 Å². The first-order valence-corrected chi connectivity index (χ1v) is 44.5. The highest BCUT2D eigenvalue weighted by Gasteiger charge is 2.39. The minimum atomic E-state index is -4.37. The molecular formula is C64H80N12O16S4Si2. The Morgan fingerprint density at radius 3 is 1.06 bits per heavy atom. The maximum absolute atomic E-state index is 14.7. The molecule has 2 atom stereocenters. The molecule has 4 aromatic carbocycles. The third-order valence-electron chi connectivity index (χ3n) is 15.2. The fourth-order valence-electron chi connectivity index (χ4n) is 10.1. The third-order valence-corrected chi connectivity index (χ3v) is 24.4. The lowest BCUT2D eigenvalue weighted by Crippen LogP contribution is -2.40. The van der Waals surface area contributed by atoms with Gasteiger partial charge in [-0.15, -0.1) is 20.4 Å². The van der Waals surface area contributed by atoms with Gasteiger partial charge in [0, 0.05) is 79.2 Å². The molecule has 524 valence electrons. The molecule has 0 aliphatic rings. The molecule has 4 heterocycles. The molecule has 4 aromatic heterocycles. The smallest absolute Gasteiger partial charge is 0.246 e. The van der Waals surface area contributed by atoms with E-state index >= 15 is 0 Å². The fourth-order valence-corrected chi connectivity index (χ4v) is 17.4. The molecule has 8 aromatic rings. The monoisotopic (exact) mass is 1460 g/mol. The Hall–Kier alpha value is -9.01. The van der Waals surface area contributed by atoms with E-state index in [4.69, 9.17) is 37.9 Å². The van der Waals surface area contributed by atoms with Gasteiger partial charge < -0.3 is 37.9 Å². The number of nitriles is 2. The zero-order valence-corrected chi connectivity index (χ0v) is 62.6. The van der Waals surface area contributed by atoms with E-state index in [9.17, 15) is 44.2 Å². The molecule has 0 saturated carbocycles. The van der Waals surface area contributed by atoms with Crippen molar-refractivity contribution in [3.63, 3.8) is 0 Å². The Kier molecular flexibility index (Phi) is 24.7. The molecule has 0 aliphatic heterocycles. The van der Waals surface area contributed by atoms with Gasteiger partial charge in [-0.2, -0.15) is 10.5 Å². The Morgan fingerprint density at radius 1 is 0.459 bits per heavy atom. The van der Waals surface area contributed by atoms with E-state index in [2.05, 4.69) is 69.6 Å². The van der Waals surface area contributed by atoms with Crippen LogP contribution in [0.4, 0.5) is 11.9 Å². The fraction of sp³-hybridized carbons (Fsp3) is 0.375. The summed E-state index contributed by atoms with van der Waals surface area (Å²) < 4.78 is 160. The van der Waals surface area contributed by atoms with Crippen LogP contribution in [0, 0.1) is 22.7 Å². The number of methoxy groups -OCH3 is 8. The second kappa shape index (κ2) is 31.7. The number of para-hydroxylation sites is 2. The number of sulfone groups is 2. The molecule has 0 bridgehead atoms.